The number of hydrogen-bond donors (Lipinski definition) is 2. The van der Waals surface area contributed by atoms with Crippen LogP contribution < -0.4 is 10.0 Å². The molecule has 0 aliphatic carbocycles. The second-order valence-electron chi connectivity index (χ2n) is 4.75. The maximum absolute atomic E-state index is 12.4. The minimum absolute atomic E-state index is 0.148. The summed E-state index contributed by atoms with van der Waals surface area (Å²) in [6.45, 7) is 7.47. The maximum atomic E-state index is 12.4. The standard InChI is InChI=1S/C13H24N2O3S2/c1-5-6-14-8-12-13(10(2)9-19-12)20(16,17)15-7-11(3)18-4/h9,11,14-15H,5-8H2,1-4H3. The fourth-order valence-corrected chi connectivity index (χ4v) is 4.62. The van der Waals surface area contributed by atoms with Crippen LogP contribution in [0.3, 0.4) is 0 Å². The lowest BCUT2D eigenvalue weighted by Crippen LogP contribution is -2.32. The maximum Gasteiger partial charge on any atom is 0.242 e. The molecule has 1 atom stereocenters. The van der Waals surface area contributed by atoms with Crippen LogP contribution in [0.2, 0.25) is 0 Å². The molecule has 0 radical (unpaired) electrons. The first-order valence-corrected chi connectivity index (χ1v) is 9.08. The van der Waals surface area contributed by atoms with Gasteiger partial charge >= 0.3 is 0 Å². The first-order chi connectivity index (χ1) is 9.42. The fourth-order valence-electron chi connectivity index (χ4n) is 1.73. The second kappa shape index (κ2) is 8.09. The summed E-state index contributed by atoms with van der Waals surface area (Å²) in [7, 11) is -1.92. The highest BCUT2D eigenvalue weighted by molar-refractivity contribution is 7.89. The van der Waals surface area contributed by atoms with Gasteiger partial charge in [-0.2, -0.15) is 0 Å². The van der Waals surface area contributed by atoms with Gasteiger partial charge in [0.25, 0.3) is 0 Å². The summed E-state index contributed by atoms with van der Waals surface area (Å²) in [5.74, 6) is 0. The Morgan fingerprint density at radius 2 is 2.15 bits per heavy atom. The Labute approximate surface area is 125 Å². The van der Waals surface area contributed by atoms with Crippen molar-refractivity contribution in [3.8, 4) is 0 Å². The molecule has 0 aliphatic rings. The zero-order valence-corrected chi connectivity index (χ0v) is 14.2. The Kier molecular flexibility index (Phi) is 7.11. The van der Waals surface area contributed by atoms with E-state index in [4.69, 9.17) is 4.74 Å². The largest absolute Gasteiger partial charge is 0.380 e. The molecular formula is C13H24N2O3S2. The van der Waals surface area contributed by atoms with E-state index in [-0.39, 0.29) is 12.6 Å². The summed E-state index contributed by atoms with van der Waals surface area (Å²) < 4.78 is 32.5. The van der Waals surface area contributed by atoms with Gasteiger partial charge < -0.3 is 10.1 Å². The third-order valence-corrected chi connectivity index (χ3v) is 5.82. The zero-order valence-electron chi connectivity index (χ0n) is 12.5. The molecule has 0 amide bonds. The summed E-state index contributed by atoms with van der Waals surface area (Å²) in [6, 6.07) is 0. The van der Waals surface area contributed by atoms with Crippen LogP contribution in [0.5, 0.6) is 0 Å². The second-order valence-corrected chi connectivity index (χ2v) is 7.41. The average Bonchev–Trinajstić information content (AvgIpc) is 2.78. The van der Waals surface area contributed by atoms with Crippen LogP contribution in [0.1, 0.15) is 30.7 Å². The third kappa shape index (κ3) is 4.82. The smallest absolute Gasteiger partial charge is 0.242 e. The van der Waals surface area contributed by atoms with Crippen molar-refractivity contribution in [1.82, 2.24) is 10.0 Å². The Balaban J connectivity index is 2.85. The van der Waals surface area contributed by atoms with Gasteiger partial charge in [0.05, 0.1) is 6.10 Å². The van der Waals surface area contributed by atoms with E-state index < -0.39 is 10.0 Å². The quantitative estimate of drug-likeness (QED) is 0.682. The number of hydrogen-bond acceptors (Lipinski definition) is 5. The molecule has 7 heteroatoms. The molecule has 0 saturated heterocycles. The van der Waals surface area contributed by atoms with Gasteiger partial charge in [-0.3, -0.25) is 0 Å². The van der Waals surface area contributed by atoms with Gasteiger partial charge in [-0.1, -0.05) is 6.92 Å². The SMILES string of the molecule is CCCNCc1scc(C)c1S(=O)(=O)NCC(C)OC. The highest BCUT2D eigenvalue weighted by atomic mass is 32.2. The van der Waals surface area contributed by atoms with E-state index in [2.05, 4.69) is 17.0 Å². The number of methoxy groups -OCH3 is 1. The molecule has 1 rings (SSSR count). The fraction of sp³-hybridized carbons (Fsp3) is 0.692. The summed E-state index contributed by atoms with van der Waals surface area (Å²) in [4.78, 5) is 1.27. The molecule has 1 heterocycles. The molecule has 20 heavy (non-hydrogen) atoms. The van der Waals surface area contributed by atoms with Crippen molar-refractivity contribution < 1.29 is 13.2 Å². The van der Waals surface area contributed by atoms with Gasteiger partial charge in [-0.05, 0) is 37.8 Å². The van der Waals surface area contributed by atoms with Gasteiger partial charge in [-0.15, -0.1) is 11.3 Å². The van der Waals surface area contributed by atoms with E-state index in [1.165, 1.54) is 11.3 Å². The van der Waals surface area contributed by atoms with Crippen molar-refractivity contribution in [2.24, 2.45) is 0 Å². The van der Waals surface area contributed by atoms with Crippen LogP contribution in [0.4, 0.5) is 0 Å². The zero-order chi connectivity index (χ0) is 15.2. The highest BCUT2D eigenvalue weighted by Crippen LogP contribution is 2.26. The Morgan fingerprint density at radius 1 is 1.45 bits per heavy atom. The van der Waals surface area contributed by atoms with Crippen LogP contribution in [-0.4, -0.2) is 34.7 Å². The molecule has 5 nitrogen and oxygen atoms in total. The van der Waals surface area contributed by atoms with Crippen molar-refractivity contribution in [2.75, 3.05) is 20.2 Å². The lowest BCUT2D eigenvalue weighted by molar-refractivity contribution is 0.122. The predicted octanol–water partition coefficient (Wildman–Crippen LogP) is 1.87. The van der Waals surface area contributed by atoms with Crippen molar-refractivity contribution in [1.29, 1.82) is 0 Å². The van der Waals surface area contributed by atoms with Gasteiger partial charge in [-0.25, -0.2) is 13.1 Å². The topological polar surface area (TPSA) is 67.4 Å². The average molecular weight is 320 g/mol. The van der Waals surface area contributed by atoms with Crippen molar-refractivity contribution in [3.05, 3.63) is 15.8 Å². The van der Waals surface area contributed by atoms with E-state index in [0.29, 0.717) is 11.4 Å². The van der Waals surface area contributed by atoms with E-state index in [1.807, 2.05) is 19.2 Å². The molecule has 2 N–H and O–H groups in total. The number of aryl methyl sites for hydroxylation is 1. The van der Waals surface area contributed by atoms with Gasteiger partial charge in [0.1, 0.15) is 4.90 Å². The molecule has 116 valence electrons. The van der Waals surface area contributed by atoms with E-state index in [9.17, 15) is 8.42 Å². The number of nitrogens with one attached hydrogen (secondary N) is 2. The molecule has 1 aromatic rings. The van der Waals surface area contributed by atoms with Gasteiger partial charge in [0, 0.05) is 25.1 Å². The molecule has 1 unspecified atom stereocenters. The predicted molar refractivity (Wildman–Crippen MR) is 82.7 cm³/mol. The molecule has 1 aromatic heterocycles. The number of sulfonamides is 1. The first kappa shape index (κ1) is 17.6. The molecule has 0 spiro atoms. The Morgan fingerprint density at radius 3 is 2.75 bits per heavy atom. The van der Waals surface area contributed by atoms with Crippen molar-refractivity contribution in [2.45, 2.75) is 44.7 Å². The van der Waals surface area contributed by atoms with E-state index in [0.717, 1.165) is 23.4 Å². The van der Waals surface area contributed by atoms with Crippen LogP contribution in [-0.2, 0) is 21.3 Å². The van der Waals surface area contributed by atoms with E-state index in [1.54, 1.807) is 7.11 Å². The van der Waals surface area contributed by atoms with Crippen LogP contribution in [0.15, 0.2) is 10.3 Å². The number of thiophene rings is 1. The molecule has 0 saturated carbocycles. The Bertz CT molecular complexity index is 512. The lowest BCUT2D eigenvalue weighted by Gasteiger charge is -2.13. The van der Waals surface area contributed by atoms with Crippen molar-refractivity contribution >= 4 is 21.4 Å². The lowest BCUT2D eigenvalue weighted by atomic mass is 10.3. The number of rotatable bonds is 9. The van der Waals surface area contributed by atoms with Gasteiger partial charge in [0.2, 0.25) is 10.0 Å². The minimum atomic E-state index is -3.48. The normalized spacial score (nSPS) is 13.6. The van der Waals surface area contributed by atoms with Crippen molar-refractivity contribution in [3.63, 3.8) is 0 Å². The Hall–Kier alpha value is -0.470. The van der Waals surface area contributed by atoms with Gasteiger partial charge in [0.15, 0.2) is 0 Å². The summed E-state index contributed by atoms with van der Waals surface area (Å²) in [5, 5.41) is 5.13. The minimum Gasteiger partial charge on any atom is -0.380 e. The van der Waals surface area contributed by atoms with Crippen LogP contribution in [0, 0.1) is 6.92 Å². The third-order valence-electron chi connectivity index (χ3n) is 2.93. The molecular weight excluding hydrogens is 296 g/mol. The number of ether oxygens (including phenoxy) is 1. The van der Waals surface area contributed by atoms with Crippen LogP contribution >= 0.6 is 11.3 Å². The molecule has 0 fully saturated rings. The highest BCUT2D eigenvalue weighted by Gasteiger charge is 2.23. The summed E-state index contributed by atoms with van der Waals surface area (Å²) in [6.07, 6.45) is 0.876. The van der Waals surface area contributed by atoms with Crippen LogP contribution in [0.25, 0.3) is 0 Å². The summed E-state index contributed by atoms with van der Waals surface area (Å²) in [5.41, 5.74) is 0.792. The molecule has 0 aliphatic heterocycles. The summed E-state index contributed by atoms with van der Waals surface area (Å²) >= 11 is 1.48. The van der Waals surface area contributed by atoms with E-state index >= 15 is 0 Å². The molecule has 0 bridgehead atoms. The monoisotopic (exact) mass is 320 g/mol. The first-order valence-electron chi connectivity index (χ1n) is 6.72. The molecule has 0 aromatic carbocycles.